The van der Waals surface area contributed by atoms with Crippen molar-refractivity contribution in [2.45, 2.75) is 18.9 Å². The van der Waals surface area contributed by atoms with Gasteiger partial charge in [0.05, 0.1) is 10.5 Å². The van der Waals surface area contributed by atoms with Gasteiger partial charge in [-0.3, -0.25) is 19.8 Å². The molecule has 0 amide bonds. The van der Waals surface area contributed by atoms with Gasteiger partial charge in [-0.25, -0.2) is 4.39 Å². The van der Waals surface area contributed by atoms with Crippen LogP contribution in [0.2, 0.25) is 0 Å². The predicted octanol–water partition coefficient (Wildman–Crippen LogP) is 4.53. The molecule has 4 rings (SSSR count). The number of aliphatic hydroxyl groups is 1. The molecule has 0 spiro atoms. The van der Waals surface area contributed by atoms with Gasteiger partial charge in [0.15, 0.2) is 5.78 Å². The average molecular weight is 544 g/mol. The second-order valence-corrected chi connectivity index (χ2v) is 9.07. The highest BCUT2D eigenvalue weighted by atomic mass is 35.5. The number of ether oxygens (including phenoxy) is 1. The van der Waals surface area contributed by atoms with Crippen LogP contribution in [0, 0.1) is 15.9 Å². The lowest BCUT2D eigenvalue weighted by Crippen LogP contribution is -2.49. The molecule has 1 heterocycles. The minimum atomic E-state index is -0.728. The zero-order valence-electron chi connectivity index (χ0n) is 20.9. The second kappa shape index (κ2) is 13.9. The Morgan fingerprint density at radius 2 is 1.66 bits per heavy atom. The molecule has 3 aromatic carbocycles. The summed E-state index contributed by atoms with van der Waals surface area (Å²) in [4.78, 5) is 27.6. The van der Waals surface area contributed by atoms with E-state index in [4.69, 9.17) is 4.74 Å². The first-order chi connectivity index (χ1) is 17.9. The smallest absolute Gasteiger partial charge is 0.269 e. The van der Waals surface area contributed by atoms with Gasteiger partial charge in [0.2, 0.25) is 0 Å². The van der Waals surface area contributed by atoms with Crippen LogP contribution in [-0.2, 0) is 6.42 Å². The van der Waals surface area contributed by atoms with E-state index in [-0.39, 0.29) is 42.7 Å². The van der Waals surface area contributed by atoms with Crippen LogP contribution >= 0.6 is 12.4 Å². The summed E-state index contributed by atoms with van der Waals surface area (Å²) in [7, 11) is 0. The van der Waals surface area contributed by atoms with Gasteiger partial charge in [0.1, 0.15) is 24.3 Å². The van der Waals surface area contributed by atoms with Gasteiger partial charge < -0.3 is 14.7 Å². The Morgan fingerprint density at radius 3 is 2.32 bits per heavy atom. The Kier molecular flexibility index (Phi) is 10.6. The number of rotatable bonds is 11. The van der Waals surface area contributed by atoms with E-state index in [1.54, 1.807) is 48.5 Å². The Morgan fingerprint density at radius 1 is 1.00 bits per heavy atom. The van der Waals surface area contributed by atoms with Crippen molar-refractivity contribution in [3.63, 3.8) is 0 Å². The molecule has 1 unspecified atom stereocenters. The average Bonchev–Trinajstić information content (AvgIpc) is 2.92. The fourth-order valence-electron chi connectivity index (χ4n) is 4.38. The number of aliphatic hydroxyl groups excluding tert-OH is 1. The Hall–Kier alpha value is -3.53. The monoisotopic (exact) mass is 543 g/mol. The van der Waals surface area contributed by atoms with Crippen molar-refractivity contribution in [3.05, 3.63) is 99.9 Å². The lowest BCUT2D eigenvalue weighted by atomic mass is 10.0. The van der Waals surface area contributed by atoms with E-state index in [2.05, 4.69) is 9.80 Å². The normalized spacial score (nSPS) is 14.4. The van der Waals surface area contributed by atoms with Crippen molar-refractivity contribution in [2.24, 2.45) is 0 Å². The lowest BCUT2D eigenvalue weighted by Gasteiger charge is -2.36. The highest BCUT2D eigenvalue weighted by molar-refractivity contribution is 5.98. The topological polar surface area (TPSA) is 96.2 Å². The Labute approximate surface area is 227 Å². The van der Waals surface area contributed by atoms with E-state index in [0.717, 1.165) is 37.4 Å². The molecule has 0 aliphatic carbocycles. The van der Waals surface area contributed by atoms with Gasteiger partial charge in [-0.1, -0.05) is 24.3 Å². The number of halogens is 2. The van der Waals surface area contributed by atoms with Crippen LogP contribution in [0.3, 0.4) is 0 Å². The minimum absolute atomic E-state index is 0. The molecular weight excluding hydrogens is 513 g/mol. The minimum Gasteiger partial charge on any atom is -0.490 e. The van der Waals surface area contributed by atoms with Crippen molar-refractivity contribution in [3.8, 4) is 5.75 Å². The molecule has 1 N–H and O–H groups in total. The van der Waals surface area contributed by atoms with Crippen molar-refractivity contribution < 1.29 is 24.0 Å². The molecule has 202 valence electrons. The SMILES string of the molecule is Cl.O=C(CCc1ccc(F)cc1)c1ccccc1OCC(O)CN1CCN(c2ccc([N+](=O)[O-])cc2)CC1. The molecule has 3 aromatic rings. The van der Waals surface area contributed by atoms with Crippen LogP contribution < -0.4 is 9.64 Å². The van der Waals surface area contributed by atoms with Crippen LogP contribution in [0.5, 0.6) is 5.75 Å². The Balaban J connectivity index is 0.00000400. The van der Waals surface area contributed by atoms with E-state index in [1.807, 2.05) is 0 Å². The molecule has 0 bridgehead atoms. The highest BCUT2D eigenvalue weighted by Crippen LogP contribution is 2.22. The van der Waals surface area contributed by atoms with Crippen LogP contribution in [0.15, 0.2) is 72.8 Å². The largest absolute Gasteiger partial charge is 0.490 e. The molecule has 0 radical (unpaired) electrons. The van der Waals surface area contributed by atoms with E-state index in [9.17, 15) is 24.4 Å². The van der Waals surface area contributed by atoms with Crippen molar-refractivity contribution >= 4 is 29.6 Å². The maximum absolute atomic E-state index is 13.1. The molecule has 38 heavy (non-hydrogen) atoms. The summed E-state index contributed by atoms with van der Waals surface area (Å²) in [5.41, 5.74) is 2.36. The number of nitrogens with zero attached hydrogens (tertiary/aromatic N) is 3. The van der Waals surface area contributed by atoms with Gasteiger partial charge in [-0.2, -0.15) is 0 Å². The summed E-state index contributed by atoms with van der Waals surface area (Å²) in [6.45, 7) is 3.48. The lowest BCUT2D eigenvalue weighted by molar-refractivity contribution is -0.384. The first kappa shape index (κ1) is 29.0. The maximum Gasteiger partial charge on any atom is 0.269 e. The number of para-hydroxylation sites is 1. The summed E-state index contributed by atoms with van der Waals surface area (Å²) in [6.07, 6.45) is 0.0449. The van der Waals surface area contributed by atoms with E-state index in [1.165, 1.54) is 24.3 Å². The zero-order chi connectivity index (χ0) is 26.2. The molecule has 1 saturated heterocycles. The number of benzene rings is 3. The van der Waals surface area contributed by atoms with Crippen LogP contribution in [0.1, 0.15) is 22.3 Å². The number of β-amino-alcohol motifs (C(OH)–C–C–N with tert-alkyl or cyclic N) is 1. The van der Waals surface area contributed by atoms with Crippen LogP contribution in [-0.4, -0.2) is 66.1 Å². The second-order valence-electron chi connectivity index (χ2n) is 9.07. The van der Waals surface area contributed by atoms with E-state index in [0.29, 0.717) is 24.3 Å². The molecule has 10 heteroatoms. The van der Waals surface area contributed by atoms with Crippen molar-refractivity contribution in [1.82, 2.24) is 4.90 Å². The van der Waals surface area contributed by atoms with Crippen molar-refractivity contribution in [2.75, 3.05) is 44.2 Å². The number of carbonyl (C=O) groups excluding carboxylic acids is 1. The first-order valence-electron chi connectivity index (χ1n) is 12.3. The highest BCUT2D eigenvalue weighted by Gasteiger charge is 2.21. The van der Waals surface area contributed by atoms with Gasteiger partial charge in [-0.05, 0) is 48.4 Å². The molecule has 8 nitrogen and oxygen atoms in total. The van der Waals surface area contributed by atoms with Gasteiger partial charge in [-0.15, -0.1) is 12.4 Å². The molecule has 0 saturated carbocycles. The summed E-state index contributed by atoms with van der Waals surface area (Å²) >= 11 is 0. The standard InChI is InChI=1S/C28H30FN3O5.ClH/c29-22-8-5-21(6-9-22)7-14-27(34)26-3-1-2-4-28(26)37-20-25(33)19-30-15-17-31(18-16-30)23-10-12-24(13-11-23)32(35)36;/h1-6,8-13,25,33H,7,14-20H2;1H. The van der Waals surface area contributed by atoms with Gasteiger partial charge in [0, 0.05) is 57.0 Å². The third-order valence-corrected chi connectivity index (χ3v) is 6.44. The van der Waals surface area contributed by atoms with Crippen LogP contribution in [0.4, 0.5) is 15.8 Å². The number of hydrogen-bond acceptors (Lipinski definition) is 7. The molecule has 1 atom stereocenters. The summed E-state index contributed by atoms with van der Waals surface area (Å²) in [6, 6.07) is 19.6. The maximum atomic E-state index is 13.1. The third-order valence-electron chi connectivity index (χ3n) is 6.44. The molecular formula is C28H31ClFN3O5. The van der Waals surface area contributed by atoms with E-state index >= 15 is 0 Å². The number of Topliss-reactive ketones (excluding diaryl/α,β-unsaturated/α-hetero) is 1. The van der Waals surface area contributed by atoms with E-state index < -0.39 is 11.0 Å². The quantitative estimate of drug-likeness (QED) is 0.215. The number of aryl methyl sites for hydroxylation is 1. The third kappa shape index (κ3) is 7.98. The molecule has 1 aliphatic heterocycles. The molecule has 1 fully saturated rings. The molecule has 0 aromatic heterocycles. The van der Waals surface area contributed by atoms with Crippen LogP contribution in [0.25, 0.3) is 0 Å². The Bertz CT molecular complexity index is 1200. The zero-order valence-corrected chi connectivity index (χ0v) is 21.7. The number of hydrogen-bond donors (Lipinski definition) is 1. The number of carbonyl (C=O) groups is 1. The summed E-state index contributed by atoms with van der Waals surface area (Å²) in [5, 5.41) is 21.4. The number of nitro benzene ring substituents is 1. The number of ketones is 1. The summed E-state index contributed by atoms with van der Waals surface area (Å²) < 4.78 is 18.9. The van der Waals surface area contributed by atoms with Gasteiger partial charge >= 0.3 is 0 Å². The fraction of sp³-hybridized carbons (Fsp3) is 0.321. The predicted molar refractivity (Wildman–Crippen MR) is 146 cm³/mol. The summed E-state index contributed by atoms with van der Waals surface area (Å²) in [5.74, 6) is 0.0594. The first-order valence-corrected chi connectivity index (χ1v) is 12.3. The number of nitro groups is 1. The van der Waals surface area contributed by atoms with Crippen molar-refractivity contribution in [1.29, 1.82) is 0 Å². The molecule has 1 aliphatic rings. The fourth-order valence-corrected chi connectivity index (χ4v) is 4.38. The number of anilines is 1. The van der Waals surface area contributed by atoms with Gasteiger partial charge in [0.25, 0.3) is 5.69 Å². The number of non-ortho nitro benzene ring substituents is 1. The number of piperazine rings is 1.